The fourth-order valence-electron chi connectivity index (χ4n) is 2.14. The Morgan fingerprint density at radius 2 is 1.81 bits per heavy atom. The molecule has 0 aliphatic rings. The van der Waals surface area contributed by atoms with Crippen LogP contribution in [0.25, 0.3) is 0 Å². The molecule has 1 aromatic heterocycles. The molecule has 32 heavy (non-hydrogen) atoms. The Balaban J connectivity index is 2.12. The number of thiazole rings is 1. The maximum atomic E-state index is 12.6. The standard InChI is InChI=1S/C20H24N4O7S/c1-19(2,3)30-16(25)15(14-11-32-18(21)22-14)23-31-20(4,5)17(26)29-10-12-6-8-13(9-7-12)24(27)28/h6-9,11H,10H2,1-5H3,(H2,21,22)/b23-15-. The minimum absolute atomic E-state index is 0.0737. The van der Waals surface area contributed by atoms with Crippen molar-refractivity contribution >= 4 is 39.8 Å². The second kappa shape index (κ2) is 9.73. The summed E-state index contributed by atoms with van der Waals surface area (Å²) in [6.07, 6.45) is 0. The van der Waals surface area contributed by atoms with Gasteiger partial charge in [-0.3, -0.25) is 10.1 Å². The van der Waals surface area contributed by atoms with Gasteiger partial charge in [0.1, 0.15) is 17.9 Å². The average Bonchev–Trinajstić information content (AvgIpc) is 3.10. The average molecular weight is 465 g/mol. The van der Waals surface area contributed by atoms with Crippen molar-refractivity contribution in [3.63, 3.8) is 0 Å². The molecule has 0 amide bonds. The summed E-state index contributed by atoms with van der Waals surface area (Å²) in [6, 6.07) is 5.57. The molecule has 0 aliphatic carbocycles. The van der Waals surface area contributed by atoms with Gasteiger partial charge in [0.05, 0.1) is 4.92 Å². The number of nitrogen functional groups attached to an aromatic ring is 1. The minimum Gasteiger partial charge on any atom is -0.458 e. The monoisotopic (exact) mass is 464 g/mol. The number of carbonyl (C=O) groups excluding carboxylic acids is 2. The van der Waals surface area contributed by atoms with Crippen molar-refractivity contribution in [1.82, 2.24) is 4.98 Å². The highest BCUT2D eigenvalue weighted by Gasteiger charge is 2.34. The summed E-state index contributed by atoms with van der Waals surface area (Å²) in [5, 5.41) is 16.3. The van der Waals surface area contributed by atoms with E-state index in [1.165, 1.54) is 43.5 Å². The van der Waals surface area contributed by atoms with Crippen molar-refractivity contribution < 1.29 is 28.8 Å². The van der Waals surface area contributed by atoms with E-state index in [-0.39, 0.29) is 28.8 Å². The first-order valence-electron chi connectivity index (χ1n) is 9.40. The SMILES string of the molecule is CC(C)(C)OC(=O)/C(=N\OC(C)(C)C(=O)OCc1ccc([N+](=O)[O-])cc1)c1csc(N)n1. The third kappa shape index (κ3) is 7.01. The summed E-state index contributed by atoms with van der Waals surface area (Å²) in [7, 11) is 0. The number of nitro benzene ring substituents is 1. The molecule has 1 aromatic carbocycles. The highest BCUT2D eigenvalue weighted by atomic mass is 32.1. The number of non-ortho nitro benzene ring substituents is 1. The van der Waals surface area contributed by atoms with Crippen LogP contribution < -0.4 is 5.73 Å². The molecule has 0 spiro atoms. The molecule has 2 aromatic rings. The van der Waals surface area contributed by atoms with Crippen molar-refractivity contribution in [1.29, 1.82) is 0 Å². The zero-order valence-corrected chi connectivity index (χ0v) is 19.1. The van der Waals surface area contributed by atoms with Crippen molar-refractivity contribution in [2.24, 2.45) is 5.16 Å². The van der Waals surface area contributed by atoms with Crippen LogP contribution in [-0.2, 0) is 30.5 Å². The third-order valence-electron chi connectivity index (χ3n) is 3.73. The molecule has 12 heteroatoms. The van der Waals surface area contributed by atoms with Gasteiger partial charge in [-0.15, -0.1) is 11.3 Å². The first-order valence-corrected chi connectivity index (χ1v) is 10.3. The molecular formula is C20H24N4O7S. The summed E-state index contributed by atoms with van der Waals surface area (Å²) in [5.41, 5.74) is 3.67. The Kier molecular flexibility index (Phi) is 7.52. The number of hydrogen-bond acceptors (Lipinski definition) is 11. The maximum Gasteiger partial charge on any atom is 0.363 e. The van der Waals surface area contributed by atoms with E-state index in [0.29, 0.717) is 5.56 Å². The third-order valence-corrected chi connectivity index (χ3v) is 4.40. The largest absolute Gasteiger partial charge is 0.458 e. The summed E-state index contributed by atoms with van der Waals surface area (Å²) < 4.78 is 10.6. The predicted molar refractivity (Wildman–Crippen MR) is 117 cm³/mol. The molecule has 2 rings (SSSR count). The van der Waals surface area contributed by atoms with E-state index in [1.807, 2.05) is 0 Å². The van der Waals surface area contributed by atoms with Gasteiger partial charge in [0.15, 0.2) is 5.13 Å². The summed E-state index contributed by atoms with van der Waals surface area (Å²) >= 11 is 1.10. The summed E-state index contributed by atoms with van der Waals surface area (Å²) in [4.78, 5) is 44.6. The Morgan fingerprint density at radius 1 is 1.19 bits per heavy atom. The molecule has 0 saturated carbocycles. The normalized spacial score (nSPS) is 12.2. The molecule has 2 N–H and O–H groups in total. The molecule has 172 valence electrons. The fourth-order valence-corrected chi connectivity index (χ4v) is 2.69. The number of oxime groups is 1. The second-order valence-electron chi connectivity index (χ2n) is 8.11. The number of esters is 2. The number of benzene rings is 1. The van der Waals surface area contributed by atoms with E-state index in [4.69, 9.17) is 20.0 Å². The Hall–Kier alpha value is -3.54. The van der Waals surface area contributed by atoms with Gasteiger partial charge in [0, 0.05) is 17.5 Å². The number of carbonyl (C=O) groups is 2. The van der Waals surface area contributed by atoms with Crippen LogP contribution in [0.5, 0.6) is 0 Å². The van der Waals surface area contributed by atoms with E-state index in [2.05, 4.69) is 10.1 Å². The molecule has 0 bridgehead atoms. The van der Waals surface area contributed by atoms with Crippen molar-refractivity contribution in [2.75, 3.05) is 5.73 Å². The van der Waals surface area contributed by atoms with Crippen molar-refractivity contribution in [2.45, 2.75) is 52.4 Å². The van der Waals surface area contributed by atoms with Crippen LogP contribution in [0.3, 0.4) is 0 Å². The lowest BCUT2D eigenvalue weighted by Crippen LogP contribution is -2.36. The van der Waals surface area contributed by atoms with Gasteiger partial charge in [-0.05, 0) is 52.3 Å². The number of rotatable bonds is 8. The van der Waals surface area contributed by atoms with Gasteiger partial charge in [-0.2, -0.15) is 0 Å². The molecule has 0 atom stereocenters. The maximum absolute atomic E-state index is 12.6. The minimum atomic E-state index is -1.56. The van der Waals surface area contributed by atoms with Gasteiger partial charge in [0.2, 0.25) is 11.3 Å². The van der Waals surface area contributed by atoms with E-state index in [9.17, 15) is 19.7 Å². The van der Waals surface area contributed by atoms with Crippen LogP contribution in [0.1, 0.15) is 45.9 Å². The van der Waals surface area contributed by atoms with E-state index in [0.717, 1.165) is 11.3 Å². The quantitative estimate of drug-likeness (QED) is 0.268. The predicted octanol–water partition coefficient (Wildman–Crippen LogP) is 3.22. The number of nitrogens with zero attached hydrogens (tertiary/aromatic N) is 3. The van der Waals surface area contributed by atoms with E-state index in [1.54, 1.807) is 20.8 Å². The lowest BCUT2D eigenvalue weighted by Gasteiger charge is -2.22. The topological polar surface area (TPSA) is 156 Å². The molecule has 0 fully saturated rings. The molecule has 0 radical (unpaired) electrons. The fraction of sp³-hybridized carbons (Fsp3) is 0.400. The second-order valence-corrected chi connectivity index (χ2v) is 9.00. The molecule has 1 heterocycles. The number of nitrogens with two attached hydrogens (primary N) is 1. The lowest BCUT2D eigenvalue weighted by atomic mass is 10.1. The highest BCUT2D eigenvalue weighted by Crippen LogP contribution is 2.19. The van der Waals surface area contributed by atoms with Crippen LogP contribution >= 0.6 is 11.3 Å². The molecule has 11 nitrogen and oxygen atoms in total. The van der Waals surface area contributed by atoms with Crippen LogP contribution in [0.15, 0.2) is 34.8 Å². The number of nitro groups is 1. The zero-order chi connectivity index (χ0) is 24.1. The van der Waals surface area contributed by atoms with Crippen molar-refractivity contribution in [3.8, 4) is 0 Å². The van der Waals surface area contributed by atoms with Crippen LogP contribution in [0.4, 0.5) is 10.8 Å². The summed E-state index contributed by atoms with van der Waals surface area (Å²) in [6.45, 7) is 7.78. The molecule has 0 unspecified atom stereocenters. The molecule has 0 aliphatic heterocycles. The van der Waals surface area contributed by atoms with Crippen LogP contribution in [0, 0.1) is 10.1 Å². The van der Waals surface area contributed by atoms with Gasteiger partial charge in [-0.1, -0.05) is 5.16 Å². The number of anilines is 1. The van der Waals surface area contributed by atoms with Crippen LogP contribution in [0.2, 0.25) is 0 Å². The number of ether oxygens (including phenoxy) is 2. The van der Waals surface area contributed by atoms with Gasteiger partial charge >= 0.3 is 11.9 Å². The van der Waals surface area contributed by atoms with Gasteiger partial charge in [0.25, 0.3) is 5.69 Å². The van der Waals surface area contributed by atoms with Gasteiger partial charge in [-0.25, -0.2) is 14.6 Å². The number of aromatic nitrogens is 1. The summed E-state index contributed by atoms with van der Waals surface area (Å²) in [5.74, 6) is -1.56. The number of hydrogen-bond donors (Lipinski definition) is 1. The zero-order valence-electron chi connectivity index (χ0n) is 18.3. The van der Waals surface area contributed by atoms with Crippen molar-refractivity contribution in [3.05, 3.63) is 51.0 Å². The Bertz CT molecular complexity index is 1020. The Labute approximate surface area is 188 Å². The van der Waals surface area contributed by atoms with Gasteiger partial charge < -0.3 is 20.0 Å². The molecule has 0 saturated heterocycles. The first kappa shape index (κ1) is 24.7. The Morgan fingerprint density at radius 3 is 2.31 bits per heavy atom. The van der Waals surface area contributed by atoms with Crippen LogP contribution in [-0.4, -0.2) is 38.8 Å². The lowest BCUT2D eigenvalue weighted by molar-refractivity contribution is -0.384. The smallest absolute Gasteiger partial charge is 0.363 e. The molecular weight excluding hydrogens is 440 g/mol. The highest BCUT2D eigenvalue weighted by molar-refractivity contribution is 7.13. The van der Waals surface area contributed by atoms with E-state index >= 15 is 0 Å². The van der Waals surface area contributed by atoms with E-state index < -0.39 is 28.1 Å². The first-order chi connectivity index (χ1) is 14.8.